The van der Waals surface area contributed by atoms with Crippen LogP contribution in [0, 0.1) is 0 Å². The smallest absolute Gasteiger partial charge is 0.126 e. The molecule has 3 heterocycles. The summed E-state index contributed by atoms with van der Waals surface area (Å²) in [6.07, 6.45) is 7.34. The highest BCUT2D eigenvalue weighted by atomic mass is 15.1. The lowest BCUT2D eigenvalue weighted by atomic mass is 10.1. The van der Waals surface area contributed by atoms with Gasteiger partial charge in [0, 0.05) is 42.6 Å². The van der Waals surface area contributed by atoms with E-state index in [0.29, 0.717) is 0 Å². The summed E-state index contributed by atoms with van der Waals surface area (Å²) in [5, 5.41) is 12.0. The number of nitrogens with one attached hydrogen (secondary N) is 2. The zero-order valence-electron chi connectivity index (χ0n) is 12.5. The molecular formula is C17H16N6. The predicted molar refractivity (Wildman–Crippen MR) is 90.0 cm³/mol. The Bertz CT molecular complexity index is 910. The number of para-hydroxylation sites is 1. The van der Waals surface area contributed by atoms with E-state index in [1.54, 1.807) is 18.7 Å². The Kier molecular flexibility index (Phi) is 3.48. The molecule has 0 amide bonds. The van der Waals surface area contributed by atoms with Crippen molar-refractivity contribution in [3.05, 3.63) is 61.3 Å². The number of H-pyrrole nitrogens is 1. The number of anilines is 1. The van der Waals surface area contributed by atoms with Gasteiger partial charge < -0.3 is 9.88 Å². The van der Waals surface area contributed by atoms with Gasteiger partial charge in [-0.15, -0.1) is 0 Å². The van der Waals surface area contributed by atoms with Crippen molar-refractivity contribution in [3.63, 3.8) is 0 Å². The number of benzene rings is 1. The minimum Gasteiger partial charge on any atom is -0.368 e. The molecule has 1 aromatic carbocycles. The Hall–Kier alpha value is -3.15. The van der Waals surface area contributed by atoms with E-state index < -0.39 is 0 Å². The minimum absolute atomic E-state index is 0.786. The second-order valence-electron chi connectivity index (χ2n) is 5.27. The fraction of sp³-hybridized carbons (Fsp3) is 0.118. The maximum atomic E-state index is 4.43. The van der Waals surface area contributed by atoms with Gasteiger partial charge in [0.25, 0.3) is 0 Å². The van der Waals surface area contributed by atoms with Crippen molar-refractivity contribution in [2.45, 2.75) is 6.54 Å². The molecule has 0 radical (unpaired) electrons. The van der Waals surface area contributed by atoms with Gasteiger partial charge in [-0.05, 0) is 18.2 Å². The topological polar surface area (TPSA) is 71.4 Å². The second kappa shape index (κ2) is 5.92. The molecule has 0 unspecified atom stereocenters. The average Bonchev–Trinajstić information content (AvgIpc) is 3.24. The van der Waals surface area contributed by atoms with Crippen LogP contribution in [0.1, 0.15) is 0 Å². The molecule has 0 saturated heterocycles. The van der Waals surface area contributed by atoms with Crippen LogP contribution in [0.4, 0.5) is 5.82 Å². The Morgan fingerprint density at radius 3 is 3.00 bits per heavy atom. The number of aromatic nitrogens is 5. The average molecular weight is 304 g/mol. The van der Waals surface area contributed by atoms with Crippen LogP contribution in [-0.4, -0.2) is 31.3 Å². The zero-order valence-corrected chi connectivity index (χ0v) is 12.5. The van der Waals surface area contributed by atoms with Gasteiger partial charge in [0.15, 0.2) is 0 Å². The van der Waals surface area contributed by atoms with Crippen LogP contribution in [0.2, 0.25) is 0 Å². The van der Waals surface area contributed by atoms with E-state index in [-0.39, 0.29) is 0 Å². The first-order chi connectivity index (χ1) is 11.4. The molecule has 0 bridgehead atoms. The number of hydrogen-bond acceptors (Lipinski definition) is 4. The van der Waals surface area contributed by atoms with Crippen LogP contribution in [0.5, 0.6) is 0 Å². The van der Waals surface area contributed by atoms with Gasteiger partial charge in [-0.1, -0.05) is 18.2 Å². The summed E-state index contributed by atoms with van der Waals surface area (Å²) in [6.45, 7) is 1.63. The molecule has 6 nitrogen and oxygen atoms in total. The van der Waals surface area contributed by atoms with Crippen molar-refractivity contribution in [1.29, 1.82) is 0 Å². The summed E-state index contributed by atoms with van der Waals surface area (Å²) < 4.78 is 2.03. The Balaban J connectivity index is 1.54. The third-order valence-corrected chi connectivity index (χ3v) is 3.74. The van der Waals surface area contributed by atoms with Gasteiger partial charge >= 0.3 is 0 Å². The van der Waals surface area contributed by atoms with Gasteiger partial charge in [0.1, 0.15) is 11.5 Å². The van der Waals surface area contributed by atoms with E-state index in [2.05, 4.69) is 31.5 Å². The van der Waals surface area contributed by atoms with Gasteiger partial charge in [-0.25, -0.2) is 9.97 Å². The summed E-state index contributed by atoms with van der Waals surface area (Å²) >= 11 is 0. The third-order valence-electron chi connectivity index (χ3n) is 3.74. The molecule has 0 spiro atoms. The van der Waals surface area contributed by atoms with Gasteiger partial charge in [0.2, 0.25) is 0 Å². The van der Waals surface area contributed by atoms with Crippen LogP contribution in [-0.2, 0) is 6.54 Å². The van der Waals surface area contributed by atoms with Crippen molar-refractivity contribution in [3.8, 4) is 11.3 Å². The molecule has 0 aliphatic carbocycles. The molecule has 0 aliphatic heterocycles. The quantitative estimate of drug-likeness (QED) is 0.594. The molecule has 0 saturated carbocycles. The van der Waals surface area contributed by atoms with Crippen molar-refractivity contribution in [1.82, 2.24) is 24.7 Å². The first kappa shape index (κ1) is 13.5. The maximum absolute atomic E-state index is 4.43. The number of aromatic amines is 1. The number of nitrogens with zero attached hydrogens (tertiary/aromatic N) is 4. The standard InChI is InChI=1S/C17H16N6/c1-2-4-15-14(3-1)17(22-21-15)13-5-6-19-16(11-13)20-8-10-23-9-7-18-12-23/h1-7,9,11-12H,8,10H2,(H,19,20)(H,21,22). The normalized spacial score (nSPS) is 11.0. The largest absolute Gasteiger partial charge is 0.368 e. The first-order valence-corrected chi connectivity index (χ1v) is 7.49. The van der Waals surface area contributed by atoms with Crippen molar-refractivity contribution in [2.75, 3.05) is 11.9 Å². The molecule has 114 valence electrons. The van der Waals surface area contributed by atoms with Crippen LogP contribution in [0.3, 0.4) is 0 Å². The fourth-order valence-electron chi connectivity index (χ4n) is 2.59. The van der Waals surface area contributed by atoms with Crippen LogP contribution < -0.4 is 5.32 Å². The van der Waals surface area contributed by atoms with Gasteiger partial charge in [-0.3, -0.25) is 5.10 Å². The summed E-state index contributed by atoms with van der Waals surface area (Å²) in [4.78, 5) is 8.41. The molecular weight excluding hydrogens is 288 g/mol. The SMILES string of the molecule is c1ccc2c(-c3ccnc(NCCn4ccnc4)c3)n[nH]c2c1. The van der Waals surface area contributed by atoms with Gasteiger partial charge in [-0.2, -0.15) is 5.10 Å². The minimum atomic E-state index is 0.786. The van der Waals surface area contributed by atoms with E-state index in [9.17, 15) is 0 Å². The molecule has 0 aliphatic rings. The number of imidazole rings is 1. The molecule has 0 atom stereocenters. The summed E-state index contributed by atoms with van der Waals surface area (Å²) in [5.74, 6) is 0.842. The van der Waals surface area contributed by atoms with Crippen molar-refractivity contribution in [2.24, 2.45) is 0 Å². The summed E-state index contributed by atoms with van der Waals surface area (Å²) in [6, 6.07) is 12.1. The highest BCUT2D eigenvalue weighted by molar-refractivity contribution is 5.93. The van der Waals surface area contributed by atoms with E-state index >= 15 is 0 Å². The number of fused-ring (bicyclic) bond motifs is 1. The molecule has 4 rings (SSSR count). The second-order valence-corrected chi connectivity index (χ2v) is 5.27. The molecule has 0 fully saturated rings. The number of rotatable bonds is 5. The molecule has 2 N–H and O–H groups in total. The zero-order chi connectivity index (χ0) is 15.5. The highest BCUT2D eigenvalue weighted by Gasteiger charge is 2.08. The van der Waals surface area contributed by atoms with Crippen LogP contribution >= 0.6 is 0 Å². The lowest BCUT2D eigenvalue weighted by Gasteiger charge is -2.07. The first-order valence-electron chi connectivity index (χ1n) is 7.49. The maximum Gasteiger partial charge on any atom is 0.126 e. The Labute approximate surface area is 133 Å². The Morgan fingerprint density at radius 1 is 1.13 bits per heavy atom. The van der Waals surface area contributed by atoms with Crippen molar-refractivity contribution >= 4 is 16.7 Å². The number of pyridine rings is 1. The monoisotopic (exact) mass is 304 g/mol. The van der Waals surface area contributed by atoms with E-state index in [1.165, 1.54) is 0 Å². The van der Waals surface area contributed by atoms with Gasteiger partial charge in [0.05, 0.1) is 11.8 Å². The lowest BCUT2D eigenvalue weighted by molar-refractivity contribution is 0.725. The van der Waals surface area contributed by atoms with Crippen molar-refractivity contribution < 1.29 is 0 Å². The predicted octanol–water partition coefficient (Wildman–Crippen LogP) is 2.93. The molecule has 4 aromatic rings. The Morgan fingerprint density at radius 2 is 2.09 bits per heavy atom. The molecule has 6 heteroatoms. The van der Waals surface area contributed by atoms with E-state index in [0.717, 1.165) is 41.1 Å². The van der Waals surface area contributed by atoms with E-state index in [1.807, 2.05) is 41.1 Å². The lowest BCUT2D eigenvalue weighted by Crippen LogP contribution is -2.10. The number of hydrogen-bond donors (Lipinski definition) is 2. The third kappa shape index (κ3) is 2.78. The van der Waals surface area contributed by atoms with E-state index in [4.69, 9.17) is 0 Å². The summed E-state index contributed by atoms with van der Waals surface area (Å²) in [7, 11) is 0. The van der Waals surface area contributed by atoms with Crippen LogP contribution in [0.25, 0.3) is 22.2 Å². The summed E-state index contributed by atoms with van der Waals surface area (Å²) in [5.41, 5.74) is 3.03. The van der Waals surface area contributed by atoms with Crippen LogP contribution in [0.15, 0.2) is 61.3 Å². The molecule has 23 heavy (non-hydrogen) atoms. The fourth-order valence-corrected chi connectivity index (χ4v) is 2.59. The highest BCUT2D eigenvalue weighted by Crippen LogP contribution is 2.26. The molecule has 3 aromatic heterocycles.